The topological polar surface area (TPSA) is 394 Å². The number of nitrogens with one attached hydrogen (secondary N) is 2. The number of nitrogens with two attached hydrogens (primary N) is 2. The molecule has 5 unspecified atom stereocenters. The fourth-order valence-electron chi connectivity index (χ4n) is 7.09. The number of imidazole rings is 2. The highest BCUT2D eigenvalue weighted by molar-refractivity contribution is 7.47. The van der Waals surface area contributed by atoms with Gasteiger partial charge in [-0.3, -0.25) is 51.4 Å². The predicted octanol–water partition coefficient (Wildman–Crippen LogP) is -1.80. The van der Waals surface area contributed by atoms with Crippen LogP contribution >= 0.6 is 15.6 Å². The van der Waals surface area contributed by atoms with Crippen LogP contribution in [0.1, 0.15) is 43.5 Å². The van der Waals surface area contributed by atoms with Gasteiger partial charge in [0.15, 0.2) is 22.6 Å². The van der Waals surface area contributed by atoms with Crippen LogP contribution in [0.2, 0.25) is 0 Å². The normalized spacial score (nSPS) is 29.1. The number of phosphoric acid groups is 2. The molecule has 0 radical (unpaired) electrons. The Morgan fingerprint density at radius 1 is 0.783 bits per heavy atom. The fraction of sp³-hybridized carbons (Fsp3) is 0.533. The second-order valence-corrected chi connectivity index (χ2v) is 16.8. The molecule has 60 heavy (non-hydrogen) atoms. The summed E-state index contributed by atoms with van der Waals surface area (Å²) in [7, 11) is -10.1. The van der Waals surface area contributed by atoms with E-state index in [-0.39, 0.29) is 58.9 Å². The number of nitrogens with zero attached hydrogens (tertiary/aromatic N) is 8. The van der Waals surface area contributed by atoms with Crippen LogP contribution in [0.3, 0.4) is 0 Å². The van der Waals surface area contributed by atoms with Crippen molar-refractivity contribution in [3.05, 3.63) is 61.9 Å². The molecule has 3 saturated heterocycles. The van der Waals surface area contributed by atoms with Crippen molar-refractivity contribution < 1.29 is 61.4 Å². The summed E-state index contributed by atoms with van der Waals surface area (Å²) in [5.74, 6) is -0.115. The Hall–Kier alpha value is -4.80. The molecule has 10 N–H and O–H groups in total. The molecule has 11 atom stereocenters. The fourth-order valence-corrected chi connectivity index (χ4v) is 9.01. The van der Waals surface area contributed by atoms with Crippen molar-refractivity contribution in [2.75, 3.05) is 31.3 Å². The summed E-state index contributed by atoms with van der Waals surface area (Å²) >= 11 is 0. The third-order valence-corrected chi connectivity index (χ3v) is 12.0. The van der Waals surface area contributed by atoms with Crippen LogP contribution < -0.4 is 28.3 Å². The van der Waals surface area contributed by atoms with E-state index in [0.29, 0.717) is 0 Å². The van der Waals surface area contributed by atoms with E-state index in [0.717, 1.165) is 4.57 Å². The van der Waals surface area contributed by atoms with Crippen molar-refractivity contribution in [3.8, 4) is 0 Å². The van der Waals surface area contributed by atoms with Gasteiger partial charge < -0.3 is 45.7 Å². The highest BCUT2D eigenvalue weighted by Gasteiger charge is 2.46. The van der Waals surface area contributed by atoms with E-state index in [4.69, 9.17) is 43.8 Å². The largest absolute Gasteiger partial charge is 0.472 e. The van der Waals surface area contributed by atoms with Crippen LogP contribution in [0.25, 0.3) is 22.3 Å². The van der Waals surface area contributed by atoms with Crippen LogP contribution in [-0.2, 0) is 41.4 Å². The third-order valence-electron chi connectivity index (χ3n) is 10.0. The molecular formula is C30H38N12O16P2. The molecule has 8 heterocycles. The molecule has 8 rings (SSSR count). The summed E-state index contributed by atoms with van der Waals surface area (Å²) in [4.78, 5) is 83.1. The number of fused-ring (bicyclic) bond motifs is 2. The molecule has 0 saturated carbocycles. The molecule has 0 amide bonds. The van der Waals surface area contributed by atoms with Gasteiger partial charge in [-0.25, -0.2) is 33.9 Å². The van der Waals surface area contributed by atoms with Gasteiger partial charge in [0.1, 0.15) is 61.0 Å². The zero-order chi connectivity index (χ0) is 42.7. The minimum absolute atomic E-state index is 0.0270. The number of phosphoric ester groups is 2. The van der Waals surface area contributed by atoms with Gasteiger partial charge in [-0.05, 0) is 6.92 Å². The van der Waals surface area contributed by atoms with Gasteiger partial charge >= 0.3 is 21.3 Å². The third kappa shape index (κ3) is 8.42. The number of aliphatic hydroxyl groups is 2. The standard InChI is InChI=1S/C30H38N12O16P2/c1-12-5-40(30(47)39-27(12)45)20-3-14(16(6-43)54-20)57-60(50,51)53-8-18-15(4-21(56-18)41-10-35-22-24(31)33-9-34-25(22)41)58-59(48,49)52-7-17-13(44)2-19(55-17)42-11-36-23-26(42)37-29(32)38-28(23)46/h5,9-11,13-21,43-44H,2-4,6-8H2,1H3,(H,48,49)(H,50,51)(H2,31,33,34)(H,39,45,47)(H3,32,37,38,46)/t13?,14?,15?,16-,17-,18-,19-,20-,21-/m1/s1. The Labute approximate surface area is 334 Å². The first-order chi connectivity index (χ1) is 28.5. The molecule has 30 heteroatoms. The first-order valence-electron chi connectivity index (χ1n) is 18.0. The maximum atomic E-state index is 13.4. The Bertz CT molecular complexity index is 2690. The molecule has 28 nitrogen and oxygen atoms in total. The average Bonchev–Trinajstić information content (AvgIpc) is 4.02. The van der Waals surface area contributed by atoms with Gasteiger partial charge in [0.05, 0.1) is 38.6 Å². The number of anilines is 2. The smallest absolute Gasteiger partial charge is 0.394 e. The van der Waals surface area contributed by atoms with Crippen molar-refractivity contribution in [2.45, 2.75) is 81.5 Å². The molecule has 3 aliphatic rings. The van der Waals surface area contributed by atoms with Gasteiger partial charge in [-0.2, -0.15) is 4.98 Å². The number of ether oxygens (including phenoxy) is 3. The maximum absolute atomic E-state index is 13.4. The SMILES string of the molecule is Cc1cn([C@H]2CC(OP(=O)(O)OC[C@H]3O[C@@H](n4cnc5c(N)ncnc54)CC3OP(=O)(O)OC[C@H]3O[C@@H](n4cnc5c(=O)[nH]c(N)nc54)CC3O)[C@@H](CO)O2)c(=O)[nH]c1=O. The van der Waals surface area contributed by atoms with Crippen LogP contribution in [0.4, 0.5) is 11.8 Å². The number of aromatic amines is 2. The summed E-state index contributed by atoms with van der Waals surface area (Å²) < 4.78 is 69.7. The minimum Gasteiger partial charge on any atom is -0.394 e. The van der Waals surface area contributed by atoms with Crippen LogP contribution in [0.15, 0.2) is 39.6 Å². The molecule has 3 aliphatic heterocycles. The van der Waals surface area contributed by atoms with E-state index in [1.807, 2.05) is 0 Å². The van der Waals surface area contributed by atoms with Gasteiger partial charge in [-0.15, -0.1) is 0 Å². The van der Waals surface area contributed by atoms with Gasteiger partial charge in [0, 0.05) is 31.0 Å². The number of H-pyrrole nitrogens is 2. The molecule has 5 aromatic heterocycles. The highest BCUT2D eigenvalue weighted by Crippen LogP contribution is 2.52. The molecule has 3 fully saturated rings. The summed E-state index contributed by atoms with van der Waals surface area (Å²) in [6, 6.07) is 0. The average molecular weight is 885 g/mol. The second kappa shape index (κ2) is 16.2. The van der Waals surface area contributed by atoms with Crippen molar-refractivity contribution in [1.29, 1.82) is 0 Å². The number of rotatable bonds is 14. The van der Waals surface area contributed by atoms with E-state index in [2.05, 4.69) is 34.9 Å². The molecule has 0 spiro atoms. The van der Waals surface area contributed by atoms with E-state index >= 15 is 0 Å². The molecular weight excluding hydrogens is 846 g/mol. The van der Waals surface area contributed by atoms with E-state index in [9.17, 15) is 43.5 Å². The Morgan fingerprint density at radius 3 is 2.07 bits per heavy atom. The number of aryl methyl sites for hydroxylation is 1. The number of nitrogen functional groups attached to an aromatic ring is 2. The zero-order valence-corrected chi connectivity index (χ0v) is 32.9. The van der Waals surface area contributed by atoms with Gasteiger partial charge in [-0.1, -0.05) is 0 Å². The predicted molar refractivity (Wildman–Crippen MR) is 198 cm³/mol. The van der Waals surface area contributed by atoms with Crippen LogP contribution in [0.5, 0.6) is 0 Å². The lowest BCUT2D eigenvalue weighted by Gasteiger charge is -2.24. The van der Waals surface area contributed by atoms with Gasteiger partial charge in [0.25, 0.3) is 11.1 Å². The van der Waals surface area contributed by atoms with E-state index < -0.39 is 108 Å². The number of aliphatic hydroxyl groups excluding tert-OH is 2. The zero-order valence-electron chi connectivity index (χ0n) is 31.1. The number of aromatic nitrogens is 10. The van der Waals surface area contributed by atoms with Crippen molar-refractivity contribution in [1.82, 2.24) is 48.6 Å². The molecule has 0 bridgehead atoms. The first-order valence-corrected chi connectivity index (χ1v) is 21.0. The first kappa shape index (κ1) is 41.9. The summed E-state index contributed by atoms with van der Waals surface area (Å²) in [5.41, 5.74) is 10.3. The summed E-state index contributed by atoms with van der Waals surface area (Å²) in [6.45, 7) is -0.656. The van der Waals surface area contributed by atoms with Crippen LogP contribution in [-0.4, -0.2) is 125 Å². The van der Waals surface area contributed by atoms with Crippen molar-refractivity contribution in [2.24, 2.45) is 0 Å². The van der Waals surface area contributed by atoms with E-state index in [1.165, 1.54) is 41.2 Å². The number of hydrogen-bond acceptors (Lipinski definition) is 21. The Morgan fingerprint density at radius 2 is 1.37 bits per heavy atom. The molecule has 5 aromatic rings. The lowest BCUT2D eigenvalue weighted by molar-refractivity contribution is -0.0604. The second-order valence-electron chi connectivity index (χ2n) is 14.0. The lowest BCUT2D eigenvalue weighted by atomic mass is 10.2. The Kier molecular flexibility index (Phi) is 11.3. The maximum Gasteiger partial charge on any atom is 0.472 e. The molecule has 324 valence electrons. The van der Waals surface area contributed by atoms with Crippen molar-refractivity contribution in [3.63, 3.8) is 0 Å². The minimum atomic E-state index is -5.05. The monoisotopic (exact) mass is 884 g/mol. The molecule has 0 aromatic carbocycles. The number of hydrogen-bond donors (Lipinski definition) is 8. The summed E-state index contributed by atoms with van der Waals surface area (Å²) in [5, 5.41) is 20.7. The van der Waals surface area contributed by atoms with Gasteiger partial charge in [0.2, 0.25) is 5.95 Å². The summed E-state index contributed by atoms with van der Waals surface area (Å²) in [6.07, 6.45) is -6.08. The van der Waals surface area contributed by atoms with Crippen LogP contribution in [0, 0.1) is 6.92 Å². The Balaban J connectivity index is 0.949. The highest BCUT2D eigenvalue weighted by atomic mass is 31.2. The van der Waals surface area contributed by atoms with E-state index in [1.54, 1.807) is 0 Å². The molecule has 0 aliphatic carbocycles. The lowest BCUT2D eigenvalue weighted by Crippen LogP contribution is -2.33. The quantitative estimate of drug-likeness (QED) is 0.0570. The van der Waals surface area contributed by atoms with Crippen molar-refractivity contribution >= 4 is 49.7 Å².